The number of nitrogens with one attached hydrogen (secondary N) is 1. The van der Waals surface area contributed by atoms with Gasteiger partial charge in [0.25, 0.3) is 5.56 Å². The summed E-state index contributed by atoms with van der Waals surface area (Å²) in [6, 6.07) is 5.45. The summed E-state index contributed by atoms with van der Waals surface area (Å²) < 4.78 is 12.7. The van der Waals surface area contributed by atoms with Gasteiger partial charge in [0, 0.05) is 6.20 Å². The number of aromatic nitrogens is 2. The Bertz CT molecular complexity index is 575. The number of halogens is 1. The lowest BCUT2D eigenvalue weighted by molar-refractivity contribution is 0.111. The number of hydrogen-bond donors (Lipinski definition) is 1. The third-order valence-electron chi connectivity index (χ3n) is 2.09. The molecule has 0 unspecified atom stereocenters. The first-order valence-corrected chi connectivity index (χ1v) is 4.51. The fourth-order valence-electron chi connectivity index (χ4n) is 1.30. The maximum absolute atomic E-state index is 12.7. The van der Waals surface area contributed by atoms with Gasteiger partial charge < -0.3 is 4.98 Å². The fraction of sp³-hybridized carbons (Fsp3) is 0. The van der Waals surface area contributed by atoms with E-state index >= 15 is 0 Å². The summed E-state index contributed by atoms with van der Waals surface area (Å²) in [6.45, 7) is 0. The molecular formula is C11H7FN2O2. The number of H-pyrrole nitrogens is 1. The predicted molar refractivity (Wildman–Crippen MR) is 55.6 cm³/mol. The molecule has 0 atom stereocenters. The van der Waals surface area contributed by atoms with Crippen molar-refractivity contribution in [1.29, 1.82) is 0 Å². The van der Waals surface area contributed by atoms with Gasteiger partial charge >= 0.3 is 0 Å². The van der Waals surface area contributed by atoms with Crippen LogP contribution >= 0.6 is 0 Å². The Balaban J connectivity index is 2.52. The van der Waals surface area contributed by atoms with E-state index in [9.17, 15) is 14.0 Å². The summed E-state index contributed by atoms with van der Waals surface area (Å²) >= 11 is 0. The van der Waals surface area contributed by atoms with Gasteiger partial charge in [-0.3, -0.25) is 9.59 Å². The van der Waals surface area contributed by atoms with Crippen molar-refractivity contribution in [3.63, 3.8) is 0 Å². The van der Waals surface area contributed by atoms with E-state index in [1.54, 1.807) is 0 Å². The van der Waals surface area contributed by atoms with Gasteiger partial charge in [-0.15, -0.1) is 0 Å². The second-order valence-electron chi connectivity index (χ2n) is 3.14. The molecule has 0 radical (unpaired) electrons. The van der Waals surface area contributed by atoms with Crippen LogP contribution in [0.3, 0.4) is 0 Å². The van der Waals surface area contributed by atoms with Gasteiger partial charge in [0.05, 0.1) is 5.56 Å². The lowest BCUT2D eigenvalue weighted by Crippen LogP contribution is -2.12. The molecular weight excluding hydrogens is 211 g/mol. The van der Waals surface area contributed by atoms with Crippen LogP contribution in [0.5, 0.6) is 0 Å². The molecule has 0 aliphatic carbocycles. The molecule has 0 saturated heterocycles. The number of aldehydes is 1. The van der Waals surface area contributed by atoms with Crippen LogP contribution < -0.4 is 5.56 Å². The van der Waals surface area contributed by atoms with Gasteiger partial charge in [0.15, 0.2) is 12.1 Å². The normalized spacial score (nSPS) is 10.1. The highest BCUT2D eigenvalue weighted by molar-refractivity contribution is 5.70. The van der Waals surface area contributed by atoms with Crippen LogP contribution in [0.25, 0.3) is 11.1 Å². The highest BCUT2D eigenvalue weighted by Gasteiger charge is 2.04. The fourth-order valence-corrected chi connectivity index (χ4v) is 1.30. The van der Waals surface area contributed by atoms with Crippen LogP contribution in [0.4, 0.5) is 4.39 Å². The third kappa shape index (κ3) is 1.88. The third-order valence-corrected chi connectivity index (χ3v) is 2.09. The van der Waals surface area contributed by atoms with Crippen molar-refractivity contribution in [2.24, 2.45) is 0 Å². The highest BCUT2D eigenvalue weighted by atomic mass is 19.1. The quantitative estimate of drug-likeness (QED) is 0.774. The topological polar surface area (TPSA) is 62.8 Å². The van der Waals surface area contributed by atoms with Crippen molar-refractivity contribution < 1.29 is 9.18 Å². The van der Waals surface area contributed by atoms with Crippen LogP contribution in [0.15, 0.2) is 35.3 Å². The zero-order valence-corrected chi connectivity index (χ0v) is 8.11. The van der Waals surface area contributed by atoms with Crippen LogP contribution in [0.1, 0.15) is 10.6 Å². The van der Waals surface area contributed by atoms with Gasteiger partial charge in [0.2, 0.25) is 0 Å². The minimum Gasteiger partial charge on any atom is -0.304 e. The average Bonchev–Trinajstić information content (AvgIpc) is 2.30. The van der Waals surface area contributed by atoms with E-state index in [1.807, 2.05) is 0 Å². The predicted octanol–water partition coefficient (Wildman–Crippen LogP) is 1.39. The minimum absolute atomic E-state index is 0.0316. The average molecular weight is 218 g/mol. The Morgan fingerprint density at radius 1 is 1.25 bits per heavy atom. The van der Waals surface area contributed by atoms with E-state index in [1.165, 1.54) is 30.5 Å². The minimum atomic E-state index is -0.427. The molecule has 5 heteroatoms. The molecule has 0 saturated carbocycles. The number of carbonyl (C=O) groups is 1. The van der Waals surface area contributed by atoms with E-state index in [0.717, 1.165) is 0 Å². The molecule has 1 heterocycles. The van der Waals surface area contributed by atoms with E-state index in [2.05, 4.69) is 9.97 Å². The van der Waals surface area contributed by atoms with Crippen molar-refractivity contribution in [3.05, 3.63) is 52.5 Å². The van der Waals surface area contributed by atoms with Crippen LogP contribution in [-0.2, 0) is 0 Å². The molecule has 0 spiro atoms. The second kappa shape index (κ2) is 4.06. The zero-order chi connectivity index (χ0) is 11.5. The number of carbonyl (C=O) groups excluding carboxylic acids is 1. The molecule has 0 aliphatic heterocycles. The molecule has 1 aromatic carbocycles. The maximum atomic E-state index is 12.7. The van der Waals surface area contributed by atoms with Crippen molar-refractivity contribution >= 4 is 6.29 Å². The largest absolute Gasteiger partial charge is 0.304 e. The summed E-state index contributed by atoms with van der Waals surface area (Å²) in [4.78, 5) is 28.0. The molecule has 0 fully saturated rings. The van der Waals surface area contributed by atoms with Crippen LogP contribution in [0.2, 0.25) is 0 Å². The molecule has 0 bridgehead atoms. The number of aromatic amines is 1. The zero-order valence-electron chi connectivity index (χ0n) is 8.11. The molecule has 1 N–H and O–H groups in total. The molecule has 0 amide bonds. The lowest BCUT2D eigenvalue weighted by Gasteiger charge is -1.99. The van der Waals surface area contributed by atoms with Crippen LogP contribution in [-0.4, -0.2) is 16.3 Å². The molecule has 0 aliphatic rings. The van der Waals surface area contributed by atoms with E-state index in [4.69, 9.17) is 0 Å². The molecule has 2 rings (SSSR count). The van der Waals surface area contributed by atoms with E-state index in [-0.39, 0.29) is 11.6 Å². The summed E-state index contributed by atoms with van der Waals surface area (Å²) in [7, 11) is 0. The van der Waals surface area contributed by atoms with Gasteiger partial charge in [-0.1, -0.05) is 12.1 Å². The standard InChI is InChI=1S/C11H7FN2O2/c12-8-3-1-7(2-4-8)9-5-13-10(6-15)14-11(9)16/h1-6H,(H,13,14,16). The number of benzene rings is 1. The Morgan fingerprint density at radius 2 is 1.94 bits per heavy atom. The first-order chi connectivity index (χ1) is 7.70. The van der Waals surface area contributed by atoms with Gasteiger partial charge in [-0.05, 0) is 17.7 Å². The number of nitrogens with zero attached hydrogens (tertiary/aromatic N) is 1. The van der Waals surface area contributed by atoms with E-state index in [0.29, 0.717) is 17.4 Å². The molecule has 1 aromatic heterocycles. The summed E-state index contributed by atoms with van der Waals surface area (Å²) in [5.74, 6) is -0.409. The van der Waals surface area contributed by atoms with Crippen molar-refractivity contribution in [1.82, 2.24) is 9.97 Å². The SMILES string of the molecule is O=Cc1ncc(-c2ccc(F)cc2)c(=O)[nH]1. The number of rotatable bonds is 2. The molecule has 16 heavy (non-hydrogen) atoms. The smallest absolute Gasteiger partial charge is 0.259 e. The van der Waals surface area contributed by atoms with E-state index < -0.39 is 5.56 Å². The summed E-state index contributed by atoms with van der Waals surface area (Å²) in [6.07, 6.45) is 1.74. The Kier molecular flexibility index (Phi) is 2.59. The second-order valence-corrected chi connectivity index (χ2v) is 3.14. The molecule has 4 nitrogen and oxygen atoms in total. The lowest BCUT2D eigenvalue weighted by atomic mass is 10.1. The van der Waals surface area contributed by atoms with Gasteiger partial charge in [0.1, 0.15) is 5.82 Å². The Hall–Kier alpha value is -2.30. The van der Waals surface area contributed by atoms with Crippen molar-refractivity contribution in [3.8, 4) is 11.1 Å². The molecule has 2 aromatic rings. The monoisotopic (exact) mass is 218 g/mol. The summed E-state index contributed by atoms with van der Waals surface area (Å²) in [5, 5.41) is 0. The first kappa shape index (κ1) is 10.2. The first-order valence-electron chi connectivity index (χ1n) is 4.51. The van der Waals surface area contributed by atoms with Crippen molar-refractivity contribution in [2.75, 3.05) is 0 Å². The van der Waals surface area contributed by atoms with Crippen molar-refractivity contribution in [2.45, 2.75) is 0 Å². The van der Waals surface area contributed by atoms with Crippen LogP contribution in [0, 0.1) is 5.82 Å². The number of hydrogen-bond acceptors (Lipinski definition) is 3. The molecule has 80 valence electrons. The van der Waals surface area contributed by atoms with Gasteiger partial charge in [-0.25, -0.2) is 9.37 Å². The Labute approximate surface area is 89.8 Å². The van der Waals surface area contributed by atoms with Gasteiger partial charge in [-0.2, -0.15) is 0 Å². The summed E-state index contributed by atoms with van der Waals surface area (Å²) in [5.41, 5.74) is 0.418. The Morgan fingerprint density at radius 3 is 2.50 bits per heavy atom. The highest BCUT2D eigenvalue weighted by Crippen LogP contribution is 2.14. The maximum Gasteiger partial charge on any atom is 0.259 e.